The standard InChI is InChI=1S/C44H29BF3N3O.Pt/c1-50-30-51(41-24-9-8-23-40(41)50)36-19-10-17-34(28-36)45(35-18-11-20-37(29-35)52-42-27-33(25-26-49-42)44(46,47)48)43-38(31-13-4-2-5-14-31)21-12-22-39(43)32-15-6-3-7-16-32;/h2-27H,1H3;/q-2;. The maximum absolute atomic E-state index is 13.6. The third kappa shape index (κ3) is 6.83. The van der Waals surface area contributed by atoms with E-state index in [-0.39, 0.29) is 11.6 Å². The van der Waals surface area contributed by atoms with Gasteiger partial charge in [0.25, 0.3) is 0 Å². The SMILES string of the molecule is Cn1[c](=[Pt])n(-c2[c-]c(B(c3[c-]c(Oc4cc(C(F)(F)F)ccn4)ccc3)c3c(-c4ccccc4)cccc3-c3ccccc3)ccc2)c2ccccc21. The van der Waals surface area contributed by atoms with Crippen molar-refractivity contribution < 1.29 is 37.3 Å². The molecule has 0 bridgehead atoms. The number of rotatable bonds is 8. The third-order valence-electron chi connectivity index (χ3n) is 9.21. The van der Waals surface area contributed by atoms with Crippen LogP contribution in [0.4, 0.5) is 13.2 Å². The van der Waals surface area contributed by atoms with E-state index < -0.39 is 18.5 Å². The fourth-order valence-electron chi connectivity index (χ4n) is 6.81. The molecule has 0 unspecified atom stereocenters. The average Bonchev–Trinajstić information content (AvgIpc) is 3.44. The molecule has 0 aliphatic heterocycles. The predicted octanol–water partition coefficient (Wildman–Crippen LogP) is 8.70. The zero-order valence-corrected chi connectivity index (χ0v) is 30.6. The number of para-hydroxylation sites is 2. The summed E-state index contributed by atoms with van der Waals surface area (Å²) >= 11 is 2.35. The van der Waals surface area contributed by atoms with E-state index in [1.807, 2.05) is 66.7 Å². The Bertz CT molecular complexity index is 2580. The Hall–Kier alpha value is -5.72. The second-order valence-corrected chi connectivity index (χ2v) is 13.5. The van der Waals surface area contributed by atoms with E-state index in [0.29, 0.717) is 0 Å². The summed E-state index contributed by atoms with van der Waals surface area (Å²) in [5, 5.41) is 0. The van der Waals surface area contributed by atoms with Crippen LogP contribution < -0.4 is 21.1 Å². The molecule has 9 heteroatoms. The van der Waals surface area contributed by atoms with Crippen LogP contribution in [0.25, 0.3) is 39.0 Å². The molecule has 0 N–H and O–H groups in total. The zero-order valence-electron chi connectivity index (χ0n) is 28.3. The van der Waals surface area contributed by atoms with Crippen LogP contribution in [0.3, 0.4) is 0 Å². The Morgan fingerprint density at radius 2 is 1.25 bits per heavy atom. The van der Waals surface area contributed by atoms with Crippen molar-refractivity contribution in [3.8, 4) is 39.6 Å². The molecule has 0 aliphatic rings. The van der Waals surface area contributed by atoms with Gasteiger partial charge in [0.1, 0.15) is 0 Å². The number of alkyl halides is 3. The van der Waals surface area contributed by atoms with Gasteiger partial charge in [-0.2, -0.15) is 13.2 Å². The second-order valence-electron chi connectivity index (χ2n) is 12.5. The van der Waals surface area contributed by atoms with E-state index in [9.17, 15) is 13.2 Å². The fraction of sp³-hybridized carbons (Fsp3) is 0.0455. The van der Waals surface area contributed by atoms with E-state index in [1.165, 1.54) is 0 Å². The van der Waals surface area contributed by atoms with Gasteiger partial charge in [-0.3, -0.25) is 0 Å². The summed E-state index contributed by atoms with van der Waals surface area (Å²) in [4.78, 5) is 4.07. The Labute approximate surface area is 316 Å². The number of pyridine rings is 1. The topological polar surface area (TPSA) is 32.0 Å². The number of halogens is 3. The van der Waals surface area contributed by atoms with Crippen LogP contribution in [0.15, 0.2) is 158 Å². The summed E-state index contributed by atoms with van der Waals surface area (Å²) in [6, 6.07) is 55.8. The number of aromatic nitrogens is 3. The molecule has 2 aromatic heterocycles. The Kier molecular flexibility index (Phi) is 9.32. The number of aryl methyl sites for hydroxylation is 1. The summed E-state index contributed by atoms with van der Waals surface area (Å²) in [6.45, 7) is -0.437. The number of benzene rings is 6. The Morgan fingerprint density at radius 1 is 0.660 bits per heavy atom. The summed E-state index contributed by atoms with van der Waals surface area (Å²) in [5.41, 5.74) is 8.98. The summed E-state index contributed by atoms with van der Waals surface area (Å²) in [5.74, 6) is 0.0713. The second kappa shape index (κ2) is 14.4. The van der Waals surface area contributed by atoms with E-state index >= 15 is 0 Å². The number of fused-ring (bicyclic) bond motifs is 1. The van der Waals surface area contributed by atoms with Crippen LogP contribution in [0.1, 0.15) is 5.56 Å². The van der Waals surface area contributed by atoms with E-state index in [4.69, 9.17) is 4.74 Å². The van der Waals surface area contributed by atoms with Crippen LogP contribution in [-0.2, 0) is 32.6 Å². The molecule has 0 aliphatic carbocycles. The first-order valence-electron chi connectivity index (χ1n) is 16.9. The Morgan fingerprint density at radius 3 is 1.91 bits per heavy atom. The first-order chi connectivity index (χ1) is 25.8. The monoisotopic (exact) mass is 878 g/mol. The summed E-state index contributed by atoms with van der Waals surface area (Å²) in [6.07, 6.45) is -3.44. The maximum atomic E-state index is 13.6. The van der Waals surface area contributed by atoms with Crippen LogP contribution >= 0.6 is 0 Å². The van der Waals surface area contributed by atoms with Crippen molar-refractivity contribution in [1.29, 1.82) is 0 Å². The van der Waals surface area contributed by atoms with Gasteiger partial charge in [-0.25, -0.2) is 0 Å². The van der Waals surface area contributed by atoms with Gasteiger partial charge in [-0.05, 0) is 6.07 Å². The van der Waals surface area contributed by atoms with Gasteiger partial charge in [0.15, 0.2) is 0 Å². The number of ether oxygens (including phenoxy) is 1. The minimum atomic E-state index is -4.53. The number of hydrogen-bond acceptors (Lipinski definition) is 2. The van der Waals surface area contributed by atoms with Gasteiger partial charge in [-0.15, -0.1) is 0 Å². The van der Waals surface area contributed by atoms with Crippen LogP contribution in [-0.4, -0.2) is 20.8 Å². The summed E-state index contributed by atoms with van der Waals surface area (Å²) in [7, 11) is 2.05. The molecule has 6 aromatic carbocycles. The molecule has 0 atom stereocenters. The van der Waals surface area contributed by atoms with Crippen LogP contribution in [0, 0.1) is 15.9 Å². The predicted molar refractivity (Wildman–Crippen MR) is 201 cm³/mol. The molecule has 0 spiro atoms. The third-order valence-corrected chi connectivity index (χ3v) is 10.5. The minimum absolute atomic E-state index is 0.171. The first-order valence-corrected chi connectivity index (χ1v) is 18.0. The molecule has 53 heavy (non-hydrogen) atoms. The first kappa shape index (κ1) is 34.4. The molecule has 0 amide bonds. The molecule has 8 aromatic rings. The van der Waals surface area contributed by atoms with Crippen LogP contribution in [0.2, 0.25) is 0 Å². The van der Waals surface area contributed by atoms with Gasteiger partial charge in [0.2, 0.25) is 0 Å². The van der Waals surface area contributed by atoms with Crippen molar-refractivity contribution in [3.63, 3.8) is 0 Å². The molecular formula is C44H29BF3N3OPt-2. The van der Waals surface area contributed by atoms with Crippen molar-refractivity contribution in [2.45, 2.75) is 6.18 Å². The summed E-state index contributed by atoms with van der Waals surface area (Å²) < 4.78 is 52.1. The quantitative estimate of drug-likeness (QED) is 0.113. The van der Waals surface area contributed by atoms with Gasteiger partial charge < -0.3 is 0 Å². The van der Waals surface area contributed by atoms with Gasteiger partial charge >= 0.3 is 287 Å². The van der Waals surface area contributed by atoms with Crippen molar-refractivity contribution in [2.24, 2.45) is 7.05 Å². The average molecular weight is 879 g/mol. The van der Waals surface area contributed by atoms with E-state index in [1.54, 1.807) is 6.07 Å². The number of hydrogen-bond donors (Lipinski definition) is 0. The molecule has 0 saturated carbocycles. The normalized spacial score (nSPS) is 11.5. The van der Waals surface area contributed by atoms with Crippen molar-refractivity contribution in [2.75, 3.05) is 0 Å². The zero-order chi connectivity index (χ0) is 36.5. The molecule has 0 radical (unpaired) electrons. The molecular weight excluding hydrogens is 849 g/mol. The number of nitrogens with zero attached hydrogens (tertiary/aromatic N) is 3. The molecule has 0 saturated heterocycles. The van der Waals surface area contributed by atoms with Crippen molar-refractivity contribution in [3.05, 3.63) is 179 Å². The van der Waals surface area contributed by atoms with E-state index in [0.717, 1.165) is 77.5 Å². The molecule has 262 valence electrons. The van der Waals surface area contributed by atoms with Gasteiger partial charge in [0, 0.05) is 6.20 Å². The molecule has 0 fully saturated rings. The van der Waals surface area contributed by atoms with Crippen molar-refractivity contribution >= 4 is 34.1 Å². The Balaban J connectivity index is 1.37. The van der Waals surface area contributed by atoms with Crippen molar-refractivity contribution in [1.82, 2.24) is 14.1 Å². The van der Waals surface area contributed by atoms with Gasteiger partial charge in [-0.1, -0.05) is 0 Å². The molecule has 4 nitrogen and oxygen atoms in total. The van der Waals surface area contributed by atoms with Crippen LogP contribution in [0.5, 0.6) is 11.6 Å². The fourth-order valence-corrected chi connectivity index (χ4v) is 7.63. The van der Waals surface area contributed by atoms with E-state index in [2.05, 4.69) is 119 Å². The van der Waals surface area contributed by atoms with Gasteiger partial charge in [0.05, 0.1) is 5.56 Å². The molecule has 8 rings (SSSR count). The molecule has 2 heterocycles. The number of imidazole rings is 1.